The number of aryl methyl sites for hydroxylation is 2. The van der Waals surface area contributed by atoms with E-state index in [0.29, 0.717) is 31.8 Å². The maximum atomic E-state index is 13.1. The summed E-state index contributed by atoms with van der Waals surface area (Å²) in [5.41, 5.74) is 2.29. The minimum Gasteiger partial charge on any atom is -0.378 e. The zero-order valence-corrected chi connectivity index (χ0v) is 15.3. The monoisotopic (exact) mass is 360 g/mol. The molecule has 2 atom stereocenters. The number of guanidine groups is 1. The van der Waals surface area contributed by atoms with Crippen LogP contribution in [0.25, 0.3) is 0 Å². The summed E-state index contributed by atoms with van der Waals surface area (Å²) in [6.45, 7) is 7.93. The molecule has 1 aromatic rings. The Hall–Kier alpha value is -2.48. The molecule has 140 valence electrons. The van der Waals surface area contributed by atoms with E-state index in [2.05, 4.69) is 5.10 Å². The molecule has 1 aromatic carbocycles. The Bertz CT molecular complexity index is 728. The Morgan fingerprint density at radius 2 is 2.04 bits per heavy atom. The largest absolute Gasteiger partial charge is 0.378 e. The van der Waals surface area contributed by atoms with Gasteiger partial charge in [-0.15, -0.1) is 0 Å². The molecule has 2 heterocycles. The number of hydrogen-bond acceptors (Lipinski definition) is 4. The number of nitro groups is 1. The van der Waals surface area contributed by atoms with Crippen LogP contribution in [0.2, 0.25) is 0 Å². The molecule has 2 aliphatic heterocycles. The smallest absolute Gasteiger partial charge is 0.281 e. The van der Waals surface area contributed by atoms with Crippen LogP contribution in [0.15, 0.2) is 23.3 Å². The molecule has 0 aromatic heterocycles. The summed E-state index contributed by atoms with van der Waals surface area (Å²) in [7, 11) is 0. The standard InChI is InChI=1S/C18H24N4O4/c1-12-5-4-6-13(2)16(12)17(23)21-8-7-20(18(21)19-22(24)25)10-15-9-14(3)26-11-15/h4-6,14-15H,7-11H2,1-3H3. The molecule has 0 radical (unpaired) electrons. The van der Waals surface area contributed by atoms with Crippen LogP contribution in [-0.4, -0.2) is 59.0 Å². The molecular formula is C18H24N4O4. The molecule has 2 aliphatic rings. The first-order chi connectivity index (χ1) is 12.4. The number of nitrogens with zero attached hydrogens (tertiary/aromatic N) is 4. The Balaban J connectivity index is 1.85. The average Bonchev–Trinajstić information content (AvgIpc) is 3.14. The average molecular weight is 360 g/mol. The van der Waals surface area contributed by atoms with Gasteiger partial charge in [0, 0.05) is 31.1 Å². The highest BCUT2D eigenvalue weighted by atomic mass is 16.7. The van der Waals surface area contributed by atoms with Gasteiger partial charge >= 0.3 is 0 Å². The van der Waals surface area contributed by atoms with Crippen LogP contribution < -0.4 is 0 Å². The van der Waals surface area contributed by atoms with Gasteiger partial charge in [-0.1, -0.05) is 18.2 Å². The van der Waals surface area contributed by atoms with Gasteiger partial charge in [0.25, 0.3) is 11.9 Å². The molecule has 0 aliphatic carbocycles. The molecule has 26 heavy (non-hydrogen) atoms. The predicted molar refractivity (Wildman–Crippen MR) is 96.5 cm³/mol. The number of ether oxygens (including phenoxy) is 1. The minimum absolute atomic E-state index is 0.127. The number of amides is 1. The third-order valence-corrected chi connectivity index (χ3v) is 4.99. The number of carbonyl (C=O) groups is 1. The number of hydrogen-bond donors (Lipinski definition) is 0. The van der Waals surface area contributed by atoms with Crippen LogP contribution in [0.1, 0.15) is 34.8 Å². The van der Waals surface area contributed by atoms with E-state index < -0.39 is 5.03 Å². The SMILES string of the molecule is Cc1cccc(C)c1C(=O)N1CCN(CC2COC(C)C2)C1=N[N+](=O)[O-]. The van der Waals surface area contributed by atoms with Gasteiger partial charge in [0.2, 0.25) is 0 Å². The number of benzene rings is 1. The van der Waals surface area contributed by atoms with Crippen molar-refractivity contribution in [3.63, 3.8) is 0 Å². The third kappa shape index (κ3) is 3.70. The topological polar surface area (TPSA) is 88.3 Å². The molecule has 8 heteroatoms. The summed E-state index contributed by atoms with van der Waals surface area (Å²) >= 11 is 0. The molecule has 0 saturated carbocycles. The van der Waals surface area contributed by atoms with E-state index in [1.54, 1.807) is 0 Å². The fourth-order valence-electron chi connectivity index (χ4n) is 3.78. The van der Waals surface area contributed by atoms with E-state index in [4.69, 9.17) is 4.74 Å². The molecule has 8 nitrogen and oxygen atoms in total. The van der Waals surface area contributed by atoms with Crippen LogP contribution in [0.5, 0.6) is 0 Å². The lowest BCUT2D eigenvalue weighted by molar-refractivity contribution is -0.486. The predicted octanol–water partition coefficient (Wildman–Crippen LogP) is 2.03. The first-order valence-electron chi connectivity index (χ1n) is 8.84. The van der Waals surface area contributed by atoms with Crippen molar-refractivity contribution in [2.45, 2.75) is 33.3 Å². The van der Waals surface area contributed by atoms with Gasteiger partial charge in [-0.05, 0) is 38.3 Å². The molecule has 2 fully saturated rings. The molecule has 2 unspecified atom stereocenters. The zero-order valence-electron chi connectivity index (χ0n) is 15.3. The lowest BCUT2D eigenvalue weighted by Crippen LogP contribution is -2.40. The van der Waals surface area contributed by atoms with Crippen molar-refractivity contribution in [3.8, 4) is 0 Å². The van der Waals surface area contributed by atoms with E-state index in [1.165, 1.54) is 4.90 Å². The summed E-state index contributed by atoms with van der Waals surface area (Å²) < 4.78 is 5.59. The summed E-state index contributed by atoms with van der Waals surface area (Å²) in [4.78, 5) is 27.4. The summed E-state index contributed by atoms with van der Waals surface area (Å²) in [5, 5.41) is 13.9. The second-order valence-electron chi connectivity index (χ2n) is 7.05. The Morgan fingerprint density at radius 3 is 2.62 bits per heavy atom. The molecular weight excluding hydrogens is 336 g/mol. The molecule has 3 rings (SSSR count). The fourth-order valence-corrected chi connectivity index (χ4v) is 3.78. The Morgan fingerprint density at radius 1 is 1.35 bits per heavy atom. The highest BCUT2D eigenvalue weighted by Gasteiger charge is 2.37. The highest BCUT2D eigenvalue weighted by Crippen LogP contribution is 2.24. The van der Waals surface area contributed by atoms with E-state index in [1.807, 2.05) is 43.9 Å². The normalized spacial score (nSPS) is 24.5. The summed E-state index contributed by atoms with van der Waals surface area (Å²) in [6, 6.07) is 5.64. The van der Waals surface area contributed by atoms with E-state index in [9.17, 15) is 14.9 Å². The molecule has 0 spiro atoms. The van der Waals surface area contributed by atoms with Gasteiger partial charge in [-0.3, -0.25) is 9.69 Å². The van der Waals surface area contributed by atoms with E-state index >= 15 is 0 Å². The quantitative estimate of drug-likeness (QED) is 0.605. The Labute approximate surface area is 152 Å². The van der Waals surface area contributed by atoms with Gasteiger partial charge in [-0.2, -0.15) is 0 Å². The third-order valence-electron chi connectivity index (χ3n) is 4.99. The van der Waals surface area contributed by atoms with Gasteiger partial charge in [0.05, 0.1) is 12.7 Å². The second-order valence-corrected chi connectivity index (χ2v) is 7.05. The minimum atomic E-state index is -0.730. The van der Waals surface area contributed by atoms with Crippen LogP contribution in [0.3, 0.4) is 0 Å². The number of hydrazone groups is 1. The zero-order chi connectivity index (χ0) is 18.8. The summed E-state index contributed by atoms with van der Waals surface area (Å²) in [5.74, 6) is 0.180. The van der Waals surface area contributed by atoms with Gasteiger partial charge in [0.1, 0.15) is 5.10 Å². The lowest BCUT2D eigenvalue weighted by atomic mass is 10.0. The van der Waals surface area contributed by atoms with Crippen LogP contribution >= 0.6 is 0 Å². The van der Waals surface area contributed by atoms with Crippen LogP contribution in [0.4, 0.5) is 0 Å². The van der Waals surface area contributed by atoms with Crippen LogP contribution in [-0.2, 0) is 4.74 Å². The maximum absolute atomic E-state index is 13.1. The van der Waals surface area contributed by atoms with Crippen molar-refractivity contribution in [2.24, 2.45) is 11.0 Å². The molecule has 0 bridgehead atoms. The number of carbonyl (C=O) groups excluding carboxylic acids is 1. The van der Waals surface area contributed by atoms with Gasteiger partial charge < -0.3 is 9.64 Å². The maximum Gasteiger partial charge on any atom is 0.281 e. The van der Waals surface area contributed by atoms with Crippen molar-refractivity contribution >= 4 is 11.9 Å². The van der Waals surface area contributed by atoms with Crippen molar-refractivity contribution < 1.29 is 14.6 Å². The van der Waals surface area contributed by atoms with Crippen molar-refractivity contribution in [3.05, 3.63) is 45.0 Å². The van der Waals surface area contributed by atoms with Crippen LogP contribution in [0, 0.1) is 29.9 Å². The molecule has 1 amide bonds. The molecule has 2 saturated heterocycles. The highest BCUT2D eigenvalue weighted by molar-refractivity contribution is 6.08. The molecule has 0 N–H and O–H groups in total. The van der Waals surface area contributed by atoms with E-state index in [0.717, 1.165) is 17.5 Å². The first kappa shape index (κ1) is 18.3. The van der Waals surface area contributed by atoms with Crippen molar-refractivity contribution in [1.82, 2.24) is 9.80 Å². The van der Waals surface area contributed by atoms with Gasteiger partial charge in [-0.25, -0.2) is 10.1 Å². The lowest BCUT2D eigenvalue weighted by Gasteiger charge is -2.22. The van der Waals surface area contributed by atoms with Gasteiger partial charge in [0.15, 0.2) is 5.03 Å². The van der Waals surface area contributed by atoms with E-state index in [-0.39, 0.29) is 23.9 Å². The van der Waals surface area contributed by atoms with Crippen molar-refractivity contribution in [2.75, 3.05) is 26.2 Å². The first-order valence-corrected chi connectivity index (χ1v) is 8.84. The fraction of sp³-hybridized carbons (Fsp3) is 0.556. The Kier molecular flexibility index (Phi) is 5.22. The summed E-state index contributed by atoms with van der Waals surface area (Å²) in [6.07, 6.45) is 1.11. The number of rotatable bonds is 4. The van der Waals surface area contributed by atoms with Crippen molar-refractivity contribution in [1.29, 1.82) is 0 Å². The second kappa shape index (κ2) is 7.41.